The lowest BCUT2D eigenvalue weighted by Gasteiger charge is -2.28. The second-order valence-corrected chi connectivity index (χ2v) is 5.45. The smallest absolute Gasteiger partial charge is 0.337 e. The molecule has 0 saturated heterocycles. The van der Waals surface area contributed by atoms with Crippen LogP contribution in [0.25, 0.3) is 0 Å². The van der Waals surface area contributed by atoms with Crippen LogP contribution in [0.2, 0.25) is 0 Å². The second kappa shape index (κ2) is 6.39. The van der Waals surface area contributed by atoms with Crippen molar-refractivity contribution >= 4 is 23.5 Å². The Labute approximate surface area is 122 Å². The highest BCUT2D eigenvalue weighted by Gasteiger charge is 2.38. The van der Waals surface area contributed by atoms with Crippen LogP contribution in [0.3, 0.4) is 0 Å². The van der Waals surface area contributed by atoms with E-state index in [0.29, 0.717) is 0 Å². The predicted octanol–water partition coefficient (Wildman–Crippen LogP) is 2.46. The van der Waals surface area contributed by atoms with Crippen LogP contribution >= 0.6 is 0 Å². The minimum absolute atomic E-state index is 0.0348. The minimum atomic E-state index is -1.21. The van der Waals surface area contributed by atoms with Crippen LogP contribution in [0.15, 0.2) is 24.3 Å². The fraction of sp³-hybridized carbons (Fsp3) is 0.400. The van der Waals surface area contributed by atoms with E-state index in [4.69, 9.17) is 5.11 Å². The number of benzene rings is 1. The number of para-hydroxylation sites is 1. The molecular weight excluding hydrogens is 274 g/mol. The van der Waals surface area contributed by atoms with Gasteiger partial charge in [0.1, 0.15) is 0 Å². The standard InChI is InChI=1S/C15H19NO5/c1-9(2)15(3,14(20)21)8-12(17)16-11-7-5-4-6-10(11)13(18)19/h4-7,9H,8H2,1-3H3,(H,16,17)(H,18,19)(H,20,21). The Morgan fingerprint density at radius 1 is 1.19 bits per heavy atom. The molecule has 0 aliphatic carbocycles. The fourth-order valence-electron chi connectivity index (χ4n) is 1.83. The molecule has 6 heteroatoms. The first kappa shape index (κ1) is 16.7. The summed E-state index contributed by atoms with van der Waals surface area (Å²) in [5.41, 5.74) is -1.08. The Bertz CT molecular complexity index is 567. The van der Waals surface area contributed by atoms with Crippen molar-refractivity contribution in [2.24, 2.45) is 11.3 Å². The molecule has 1 amide bonds. The van der Waals surface area contributed by atoms with Gasteiger partial charge in [0.15, 0.2) is 0 Å². The van der Waals surface area contributed by atoms with Crippen LogP contribution in [-0.4, -0.2) is 28.1 Å². The average molecular weight is 293 g/mol. The number of hydrogen-bond donors (Lipinski definition) is 3. The van der Waals surface area contributed by atoms with Gasteiger partial charge in [-0.15, -0.1) is 0 Å². The van der Waals surface area contributed by atoms with Crippen LogP contribution in [0, 0.1) is 11.3 Å². The van der Waals surface area contributed by atoms with Crippen molar-refractivity contribution in [2.75, 3.05) is 5.32 Å². The van der Waals surface area contributed by atoms with Crippen molar-refractivity contribution in [1.82, 2.24) is 0 Å². The molecule has 0 aliphatic rings. The topological polar surface area (TPSA) is 104 Å². The number of aliphatic carboxylic acids is 1. The molecule has 0 saturated carbocycles. The van der Waals surface area contributed by atoms with Gasteiger partial charge in [-0.3, -0.25) is 9.59 Å². The molecule has 0 aliphatic heterocycles. The number of carboxylic acids is 2. The van der Waals surface area contributed by atoms with E-state index in [0.717, 1.165) is 0 Å². The number of aromatic carboxylic acids is 1. The minimum Gasteiger partial charge on any atom is -0.481 e. The first-order valence-electron chi connectivity index (χ1n) is 6.54. The molecule has 114 valence electrons. The molecule has 1 aromatic carbocycles. The van der Waals surface area contributed by atoms with Crippen molar-refractivity contribution in [2.45, 2.75) is 27.2 Å². The molecule has 1 aromatic rings. The lowest BCUT2D eigenvalue weighted by atomic mass is 9.76. The molecule has 0 fully saturated rings. The zero-order valence-electron chi connectivity index (χ0n) is 12.2. The lowest BCUT2D eigenvalue weighted by Crippen LogP contribution is -2.37. The third-order valence-corrected chi connectivity index (χ3v) is 3.72. The zero-order chi connectivity index (χ0) is 16.2. The summed E-state index contributed by atoms with van der Waals surface area (Å²) in [4.78, 5) is 34.5. The molecule has 6 nitrogen and oxygen atoms in total. The summed E-state index contributed by atoms with van der Waals surface area (Å²) in [6.45, 7) is 4.96. The third kappa shape index (κ3) is 3.81. The number of carbonyl (C=O) groups excluding carboxylic acids is 1. The van der Waals surface area contributed by atoms with Crippen molar-refractivity contribution in [3.8, 4) is 0 Å². The average Bonchev–Trinajstić information content (AvgIpc) is 2.38. The highest BCUT2D eigenvalue weighted by Crippen LogP contribution is 2.32. The Morgan fingerprint density at radius 2 is 1.76 bits per heavy atom. The van der Waals surface area contributed by atoms with Gasteiger partial charge < -0.3 is 15.5 Å². The monoisotopic (exact) mass is 293 g/mol. The second-order valence-electron chi connectivity index (χ2n) is 5.45. The maximum atomic E-state index is 12.0. The molecule has 0 bridgehead atoms. The number of carboxylic acid groups (broad SMARTS) is 2. The van der Waals surface area contributed by atoms with E-state index in [1.807, 2.05) is 0 Å². The van der Waals surface area contributed by atoms with Crippen molar-refractivity contribution in [3.63, 3.8) is 0 Å². The van der Waals surface area contributed by atoms with Crippen molar-refractivity contribution in [1.29, 1.82) is 0 Å². The van der Waals surface area contributed by atoms with Gasteiger partial charge in [0.05, 0.1) is 16.7 Å². The van der Waals surface area contributed by atoms with Crippen molar-refractivity contribution < 1.29 is 24.6 Å². The Kier molecular flexibility index (Phi) is 5.07. The Balaban J connectivity index is 2.93. The summed E-state index contributed by atoms with van der Waals surface area (Å²) in [6, 6.07) is 5.99. The van der Waals surface area contributed by atoms with Gasteiger partial charge >= 0.3 is 11.9 Å². The van der Waals surface area contributed by atoms with E-state index >= 15 is 0 Å². The van der Waals surface area contributed by atoms with E-state index in [1.54, 1.807) is 26.0 Å². The molecule has 0 aromatic heterocycles. The normalized spacial score (nSPS) is 13.5. The summed E-state index contributed by atoms with van der Waals surface area (Å²) in [5.74, 6) is -2.98. The molecule has 1 unspecified atom stereocenters. The fourth-order valence-corrected chi connectivity index (χ4v) is 1.83. The van der Waals surface area contributed by atoms with E-state index in [-0.39, 0.29) is 23.6 Å². The number of hydrogen-bond acceptors (Lipinski definition) is 3. The molecule has 21 heavy (non-hydrogen) atoms. The summed E-state index contributed by atoms with van der Waals surface area (Å²) in [6.07, 6.45) is -0.228. The summed E-state index contributed by atoms with van der Waals surface area (Å²) in [7, 11) is 0. The van der Waals surface area contributed by atoms with E-state index in [9.17, 15) is 19.5 Å². The lowest BCUT2D eigenvalue weighted by molar-refractivity contribution is -0.153. The largest absolute Gasteiger partial charge is 0.481 e. The van der Waals surface area contributed by atoms with Crippen LogP contribution in [-0.2, 0) is 9.59 Å². The first-order chi connectivity index (χ1) is 9.68. The summed E-state index contributed by atoms with van der Waals surface area (Å²) in [5, 5.41) is 20.8. The Morgan fingerprint density at radius 3 is 2.24 bits per heavy atom. The molecular formula is C15H19NO5. The summed E-state index contributed by atoms with van der Waals surface area (Å²) < 4.78 is 0. The number of rotatable bonds is 6. The van der Waals surface area contributed by atoms with Crippen LogP contribution < -0.4 is 5.32 Å². The van der Waals surface area contributed by atoms with Crippen LogP contribution in [0.4, 0.5) is 5.69 Å². The third-order valence-electron chi connectivity index (χ3n) is 3.72. The Hall–Kier alpha value is -2.37. The highest BCUT2D eigenvalue weighted by molar-refractivity contribution is 6.01. The van der Waals surface area contributed by atoms with Gasteiger partial charge in [-0.05, 0) is 25.0 Å². The van der Waals surface area contributed by atoms with Gasteiger partial charge in [0.2, 0.25) is 5.91 Å². The van der Waals surface area contributed by atoms with E-state index in [2.05, 4.69) is 5.32 Å². The quantitative estimate of drug-likeness (QED) is 0.747. The summed E-state index contributed by atoms with van der Waals surface area (Å²) >= 11 is 0. The molecule has 3 N–H and O–H groups in total. The highest BCUT2D eigenvalue weighted by atomic mass is 16.4. The predicted molar refractivity (Wildman–Crippen MR) is 77.2 cm³/mol. The molecule has 1 atom stereocenters. The van der Waals surface area contributed by atoms with Crippen molar-refractivity contribution in [3.05, 3.63) is 29.8 Å². The van der Waals surface area contributed by atoms with Gasteiger partial charge in [-0.25, -0.2) is 4.79 Å². The first-order valence-corrected chi connectivity index (χ1v) is 6.54. The molecule has 0 radical (unpaired) electrons. The van der Waals surface area contributed by atoms with Gasteiger partial charge in [-0.1, -0.05) is 26.0 Å². The number of carbonyl (C=O) groups is 3. The number of amides is 1. The molecule has 0 spiro atoms. The van der Waals surface area contributed by atoms with Gasteiger partial charge in [0, 0.05) is 6.42 Å². The maximum Gasteiger partial charge on any atom is 0.337 e. The van der Waals surface area contributed by atoms with Gasteiger partial charge in [-0.2, -0.15) is 0 Å². The van der Waals surface area contributed by atoms with Gasteiger partial charge in [0.25, 0.3) is 0 Å². The SMILES string of the molecule is CC(C)C(C)(CC(=O)Nc1ccccc1C(=O)O)C(=O)O. The number of anilines is 1. The molecule has 1 rings (SSSR count). The zero-order valence-corrected chi connectivity index (χ0v) is 12.2. The van der Waals surface area contributed by atoms with E-state index in [1.165, 1.54) is 19.1 Å². The number of nitrogens with one attached hydrogen (secondary N) is 1. The maximum absolute atomic E-state index is 12.0. The molecule has 0 heterocycles. The van der Waals surface area contributed by atoms with Crippen LogP contribution in [0.1, 0.15) is 37.6 Å². The van der Waals surface area contributed by atoms with E-state index < -0.39 is 23.3 Å². The van der Waals surface area contributed by atoms with Crippen LogP contribution in [0.5, 0.6) is 0 Å².